The topological polar surface area (TPSA) is 62.7 Å². The molecule has 0 saturated carbocycles. The lowest BCUT2D eigenvalue weighted by molar-refractivity contribution is 0.0696. The van der Waals surface area contributed by atoms with E-state index in [9.17, 15) is 4.79 Å². The van der Waals surface area contributed by atoms with Gasteiger partial charge in [0.05, 0.1) is 5.56 Å². The third-order valence-electron chi connectivity index (χ3n) is 2.54. The summed E-state index contributed by atoms with van der Waals surface area (Å²) in [6.45, 7) is 0. The number of hydrogen-bond acceptors (Lipinski definition) is 4. The summed E-state index contributed by atoms with van der Waals surface area (Å²) >= 11 is 0. The number of nitrogens with zero attached hydrogens (tertiary/aromatic N) is 2. The number of carbonyl (C=O) groups is 1. The molecule has 19 heavy (non-hydrogen) atoms. The van der Waals surface area contributed by atoms with E-state index in [1.165, 1.54) is 18.3 Å². The van der Waals surface area contributed by atoms with Crippen LogP contribution in [0.25, 0.3) is 0 Å². The van der Waals surface area contributed by atoms with Crippen LogP contribution in [-0.2, 0) is 0 Å². The summed E-state index contributed by atoms with van der Waals surface area (Å²) < 4.78 is 5.57. The number of aromatic carboxylic acids is 1. The van der Waals surface area contributed by atoms with Crippen molar-refractivity contribution in [2.45, 2.75) is 0 Å². The first kappa shape index (κ1) is 12.9. The summed E-state index contributed by atoms with van der Waals surface area (Å²) in [5, 5.41) is 8.78. The maximum Gasteiger partial charge on any atom is 0.337 e. The molecule has 0 aliphatic rings. The number of anilines is 1. The summed E-state index contributed by atoms with van der Waals surface area (Å²) in [4.78, 5) is 16.6. The van der Waals surface area contributed by atoms with Gasteiger partial charge in [0.25, 0.3) is 0 Å². The fourth-order valence-corrected chi connectivity index (χ4v) is 1.51. The van der Waals surface area contributed by atoms with Crippen LogP contribution in [-0.4, -0.2) is 30.2 Å². The van der Waals surface area contributed by atoms with Gasteiger partial charge in [-0.25, -0.2) is 9.78 Å². The van der Waals surface area contributed by atoms with Crippen molar-refractivity contribution in [2.24, 2.45) is 0 Å². The number of ether oxygens (including phenoxy) is 1. The average molecular weight is 258 g/mol. The number of carboxylic acid groups (broad SMARTS) is 1. The van der Waals surface area contributed by atoms with Gasteiger partial charge in [0.1, 0.15) is 5.75 Å². The molecule has 98 valence electrons. The van der Waals surface area contributed by atoms with Crippen molar-refractivity contribution in [3.63, 3.8) is 0 Å². The van der Waals surface area contributed by atoms with E-state index in [-0.39, 0.29) is 5.56 Å². The Morgan fingerprint density at radius 3 is 2.63 bits per heavy atom. The molecule has 0 radical (unpaired) electrons. The smallest absolute Gasteiger partial charge is 0.337 e. The van der Waals surface area contributed by atoms with E-state index >= 15 is 0 Å². The molecule has 0 amide bonds. The maximum atomic E-state index is 10.7. The van der Waals surface area contributed by atoms with Gasteiger partial charge in [0.2, 0.25) is 5.88 Å². The van der Waals surface area contributed by atoms with Crippen molar-refractivity contribution in [1.82, 2.24) is 4.98 Å². The molecule has 1 N–H and O–H groups in total. The summed E-state index contributed by atoms with van der Waals surface area (Å²) in [6.07, 6.45) is 1.27. The van der Waals surface area contributed by atoms with E-state index in [1.54, 1.807) is 0 Å². The van der Waals surface area contributed by atoms with Gasteiger partial charge in [0.15, 0.2) is 0 Å². The Kier molecular flexibility index (Phi) is 3.66. The molecular weight excluding hydrogens is 244 g/mol. The van der Waals surface area contributed by atoms with Crippen LogP contribution >= 0.6 is 0 Å². The van der Waals surface area contributed by atoms with Crippen LogP contribution in [0.15, 0.2) is 42.6 Å². The number of pyridine rings is 1. The number of aromatic nitrogens is 1. The van der Waals surface area contributed by atoms with Crippen molar-refractivity contribution >= 4 is 11.7 Å². The monoisotopic (exact) mass is 258 g/mol. The highest BCUT2D eigenvalue weighted by molar-refractivity contribution is 5.87. The molecule has 1 aromatic heterocycles. The van der Waals surface area contributed by atoms with E-state index < -0.39 is 5.97 Å². The van der Waals surface area contributed by atoms with Crippen LogP contribution in [0.1, 0.15) is 10.4 Å². The SMILES string of the molecule is CN(C)c1cccc(Oc2ccc(C(=O)O)cn2)c1. The first-order valence-corrected chi connectivity index (χ1v) is 5.71. The molecule has 1 heterocycles. The van der Waals surface area contributed by atoms with Crippen LogP contribution in [0.2, 0.25) is 0 Å². The quantitative estimate of drug-likeness (QED) is 0.913. The van der Waals surface area contributed by atoms with Gasteiger partial charge < -0.3 is 14.7 Å². The van der Waals surface area contributed by atoms with Gasteiger partial charge in [-0.3, -0.25) is 0 Å². The van der Waals surface area contributed by atoms with Crippen LogP contribution < -0.4 is 9.64 Å². The third kappa shape index (κ3) is 3.22. The second-order valence-corrected chi connectivity index (χ2v) is 4.18. The molecular formula is C14H14N2O3. The molecule has 0 spiro atoms. The Hall–Kier alpha value is -2.56. The molecule has 0 saturated heterocycles. The summed E-state index contributed by atoms with van der Waals surface area (Å²) in [6, 6.07) is 10.5. The first-order valence-electron chi connectivity index (χ1n) is 5.71. The van der Waals surface area contributed by atoms with Gasteiger partial charge in [-0.1, -0.05) is 6.07 Å². The predicted octanol–water partition coefficient (Wildman–Crippen LogP) is 2.64. The normalized spacial score (nSPS) is 10.0. The molecule has 5 nitrogen and oxygen atoms in total. The Labute approximate surface area is 111 Å². The zero-order valence-electron chi connectivity index (χ0n) is 10.7. The minimum Gasteiger partial charge on any atom is -0.478 e. The minimum atomic E-state index is -1.01. The number of benzene rings is 1. The van der Waals surface area contributed by atoms with Crippen molar-refractivity contribution in [1.29, 1.82) is 0 Å². The lowest BCUT2D eigenvalue weighted by Gasteiger charge is -2.13. The highest BCUT2D eigenvalue weighted by Gasteiger charge is 2.05. The Morgan fingerprint density at radius 1 is 1.26 bits per heavy atom. The van der Waals surface area contributed by atoms with Crippen molar-refractivity contribution in [2.75, 3.05) is 19.0 Å². The number of rotatable bonds is 4. The minimum absolute atomic E-state index is 0.134. The first-order chi connectivity index (χ1) is 9.06. The highest BCUT2D eigenvalue weighted by atomic mass is 16.5. The molecule has 0 atom stereocenters. The highest BCUT2D eigenvalue weighted by Crippen LogP contribution is 2.23. The molecule has 2 rings (SSSR count). The molecule has 2 aromatic rings. The van der Waals surface area contributed by atoms with Crippen LogP contribution in [0, 0.1) is 0 Å². The summed E-state index contributed by atoms with van der Waals surface area (Å²) in [7, 11) is 3.89. The standard InChI is InChI=1S/C14H14N2O3/c1-16(2)11-4-3-5-12(8-11)19-13-7-6-10(9-15-13)14(17)18/h3-9H,1-2H3,(H,17,18). The van der Waals surface area contributed by atoms with E-state index in [1.807, 2.05) is 43.3 Å². The second kappa shape index (κ2) is 5.39. The van der Waals surface area contributed by atoms with Crippen LogP contribution in [0.5, 0.6) is 11.6 Å². The number of hydrogen-bond donors (Lipinski definition) is 1. The molecule has 0 fully saturated rings. The molecule has 5 heteroatoms. The zero-order chi connectivity index (χ0) is 13.8. The zero-order valence-corrected chi connectivity index (χ0v) is 10.7. The van der Waals surface area contributed by atoms with E-state index in [0.717, 1.165) is 5.69 Å². The number of carboxylic acids is 1. The third-order valence-corrected chi connectivity index (χ3v) is 2.54. The van der Waals surface area contributed by atoms with Gasteiger partial charge in [-0.2, -0.15) is 0 Å². The van der Waals surface area contributed by atoms with Gasteiger partial charge in [-0.05, 0) is 18.2 Å². The Morgan fingerprint density at radius 2 is 2.05 bits per heavy atom. The molecule has 0 bridgehead atoms. The summed E-state index contributed by atoms with van der Waals surface area (Å²) in [5.41, 5.74) is 1.15. The van der Waals surface area contributed by atoms with Gasteiger partial charge >= 0.3 is 5.97 Å². The van der Waals surface area contributed by atoms with Gasteiger partial charge in [0, 0.05) is 38.1 Å². The largest absolute Gasteiger partial charge is 0.478 e. The Bertz CT molecular complexity index is 579. The van der Waals surface area contributed by atoms with E-state index in [2.05, 4.69) is 4.98 Å². The van der Waals surface area contributed by atoms with Crippen molar-refractivity contribution in [3.05, 3.63) is 48.2 Å². The lowest BCUT2D eigenvalue weighted by atomic mass is 10.3. The summed E-state index contributed by atoms with van der Waals surface area (Å²) in [5.74, 6) is 0.0105. The second-order valence-electron chi connectivity index (χ2n) is 4.18. The predicted molar refractivity (Wildman–Crippen MR) is 72.0 cm³/mol. The molecule has 0 aliphatic heterocycles. The van der Waals surface area contributed by atoms with Crippen LogP contribution in [0.4, 0.5) is 5.69 Å². The fourth-order valence-electron chi connectivity index (χ4n) is 1.51. The fraction of sp³-hybridized carbons (Fsp3) is 0.143. The molecule has 0 aliphatic carbocycles. The van der Waals surface area contributed by atoms with Crippen molar-refractivity contribution in [3.8, 4) is 11.6 Å². The lowest BCUT2D eigenvalue weighted by Crippen LogP contribution is -2.08. The molecule has 0 unspecified atom stereocenters. The van der Waals surface area contributed by atoms with Gasteiger partial charge in [-0.15, -0.1) is 0 Å². The van der Waals surface area contributed by atoms with E-state index in [0.29, 0.717) is 11.6 Å². The van der Waals surface area contributed by atoms with Crippen molar-refractivity contribution < 1.29 is 14.6 Å². The van der Waals surface area contributed by atoms with Crippen LogP contribution in [0.3, 0.4) is 0 Å². The Balaban J connectivity index is 2.16. The average Bonchev–Trinajstić information content (AvgIpc) is 2.39. The van der Waals surface area contributed by atoms with E-state index in [4.69, 9.17) is 9.84 Å². The maximum absolute atomic E-state index is 10.7. The molecule has 1 aromatic carbocycles.